The predicted molar refractivity (Wildman–Crippen MR) is 142 cm³/mol. The lowest BCUT2D eigenvalue weighted by molar-refractivity contribution is -0.140. The molecule has 0 spiro atoms. The van der Waals surface area contributed by atoms with E-state index in [4.69, 9.17) is 0 Å². The first kappa shape index (κ1) is 21.3. The van der Waals surface area contributed by atoms with Gasteiger partial charge in [0.25, 0.3) is 0 Å². The van der Waals surface area contributed by atoms with Gasteiger partial charge in [-0.2, -0.15) is 0 Å². The van der Waals surface area contributed by atoms with Crippen LogP contribution in [0.2, 0.25) is 0 Å². The third-order valence-corrected chi connectivity index (χ3v) is 8.90. The first-order valence-corrected chi connectivity index (χ1v) is 12.7. The van der Waals surface area contributed by atoms with E-state index in [1.54, 1.807) is 0 Å². The van der Waals surface area contributed by atoms with Gasteiger partial charge in [-0.25, -0.2) is 0 Å². The molecule has 3 aliphatic carbocycles. The maximum absolute atomic E-state index is 14.6. The molecule has 4 unspecified atom stereocenters. The van der Waals surface area contributed by atoms with Crippen LogP contribution >= 0.6 is 0 Å². The summed E-state index contributed by atoms with van der Waals surface area (Å²) in [5, 5.41) is 0. The van der Waals surface area contributed by atoms with Gasteiger partial charge in [-0.15, -0.1) is 0 Å². The zero-order valence-corrected chi connectivity index (χ0v) is 20.1. The summed E-state index contributed by atoms with van der Waals surface area (Å²) < 4.78 is 0. The van der Waals surface area contributed by atoms with Crippen molar-refractivity contribution in [3.05, 3.63) is 144 Å². The number of carbonyl (C=O) groups excluding carboxylic acids is 2. The van der Waals surface area contributed by atoms with Crippen molar-refractivity contribution in [1.82, 2.24) is 0 Å². The quantitative estimate of drug-likeness (QED) is 0.339. The minimum absolute atomic E-state index is 0.198. The molecule has 2 nitrogen and oxygen atoms in total. The molecule has 0 radical (unpaired) electrons. The van der Waals surface area contributed by atoms with Crippen LogP contribution in [-0.2, 0) is 15.0 Å². The number of fused-ring (bicyclic) bond motifs is 2. The van der Waals surface area contributed by atoms with Gasteiger partial charge in [0.15, 0.2) is 0 Å². The molecule has 4 aromatic rings. The Hall–Kier alpha value is -4.04. The third kappa shape index (κ3) is 2.51. The zero-order valence-electron chi connectivity index (χ0n) is 20.1. The van der Waals surface area contributed by atoms with E-state index in [2.05, 4.69) is 48.5 Å². The van der Waals surface area contributed by atoms with Gasteiger partial charge in [-0.05, 0) is 40.3 Å². The first-order valence-electron chi connectivity index (χ1n) is 12.7. The maximum atomic E-state index is 14.6. The Morgan fingerprint density at radius 3 is 1.50 bits per heavy atom. The van der Waals surface area contributed by atoms with Gasteiger partial charge in [0.2, 0.25) is 0 Å². The Kier molecular flexibility index (Phi) is 4.42. The topological polar surface area (TPSA) is 34.1 Å². The molecule has 0 bridgehead atoms. The molecule has 0 aromatic heterocycles. The lowest BCUT2D eigenvalue weighted by Crippen LogP contribution is -2.53. The molecule has 2 saturated carbocycles. The van der Waals surface area contributed by atoms with Crippen LogP contribution in [0.1, 0.15) is 29.2 Å². The molecule has 4 aromatic carbocycles. The van der Waals surface area contributed by atoms with Gasteiger partial charge < -0.3 is 0 Å². The van der Waals surface area contributed by atoms with E-state index in [-0.39, 0.29) is 23.4 Å². The van der Waals surface area contributed by atoms with Crippen LogP contribution in [0.4, 0.5) is 0 Å². The number of carbonyl (C=O) groups is 2. The van der Waals surface area contributed by atoms with E-state index in [1.165, 1.54) is 0 Å². The highest BCUT2D eigenvalue weighted by Gasteiger charge is 2.81. The van der Waals surface area contributed by atoms with Gasteiger partial charge in [0.1, 0.15) is 11.6 Å². The Morgan fingerprint density at radius 2 is 1.00 bits per heavy atom. The molecule has 174 valence electrons. The van der Waals surface area contributed by atoms with Crippen molar-refractivity contribution in [3.8, 4) is 0 Å². The van der Waals surface area contributed by atoms with Crippen LogP contribution < -0.4 is 0 Å². The van der Waals surface area contributed by atoms with Crippen LogP contribution in [0.25, 0.3) is 11.1 Å². The molecule has 7 rings (SSSR count). The zero-order chi connectivity index (χ0) is 24.5. The minimum Gasteiger partial charge on any atom is -0.299 e. The van der Waals surface area contributed by atoms with E-state index in [0.717, 1.165) is 33.4 Å². The molecule has 0 heterocycles. The van der Waals surface area contributed by atoms with E-state index in [9.17, 15) is 9.59 Å². The van der Waals surface area contributed by atoms with Crippen molar-refractivity contribution in [1.29, 1.82) is 0 Å². The second-order valence-corrected chi connectivity index (χ2v) is 10.5. The van der Waals surface area contributed by atoms with Crippen LogP contribution in [0.15, 0.2) is 121 Å². The number of allylic oxidation sites excluding steroid dienone is 2. The summed E-state index contributed by atoms with van der Waals surface area (Å²) in [4.78, 5) is 29.1. The summed E-state index contributed by atoms with van der Waals surface area (Å²) in [7, 11) is 0. The normalized spacial score (nSPS) is 27.6. The van der Waals surface area contributed by atoms with Crippen LogP contribution in [0.5, 0.6) is 0 Å². The highest BCUT2D eigenvalue weighted by atomic mass is 16.1. The second-order valence-electron chi connectivity index (χ2n) is 10.5. The van der Waals surface area contributed by atoms with Gasteiger partial charge in [0.05, 0.1) is 11.3 Å². The summed E-state index contributed by atoms with van der Waals surface area (Å²) in [6.45, 7) is 2.02. The fourth-order valence-electron chi connectivity index (χ4n) is 7.41. The fourth-order valence-corrected chi connectivity index (χ4v) is 7.41. The van der Waals surface area contributed by atoms with Gasteiger partial charge in [0, 0.05) is 17.3 Å². The smallest absolute Gasteiger partial charge is 0.149 e. The van der Waals surface area contributed by atoms with Gasteiger partial charge in [-0.3, -0.25) is 9.59 Å². The second kappa shape index (κ2) is 7.48. The van der Waals surface area contributed by atoms with Gasteiger partial charge in [-0.1, -0.05) is 121 Å². The minimum atomic E-state index is -0.837. The number of ketones is 2. The van der Waals surface area contributed by atoms with Crippen LogP contribution in [0.3, 0.4) is 0 Å². The van der Waals surface area contributed by atoms with E-state index >= 15 is 0 Å². The number of Topliss-reactive ketones (excluding diaryl/α,β-unsaturated/α-hetero) is 2. The van der Waals surface area contributed by atoms with Gasteiger partial charge >= 0.3 is 0 Å². The van der Waals surface area contributed by atoms with Crippen LogP contribution in [-0.4, -0.2) is 11.6 Å². The van der Waals surface area contributed by atoms with Crippen molar-refractivity contribution >= 4 is 22.7 Å². The standard InChI is InChI=1S/C34H26O2/c1-33-27(23-16-8-3-9-17-23)26(22-14-6-2-7-15-22)28(33)31(35)29-30(32(33)36)34(29,24-18-10-4-11-19-24)25-20-12-5-13-21-25/h2-21,28-30H,1H3. The van der Waals surface area contributed by atoms with Crippen LogP contribution in [0, 0.1) is 23.2 Å². The van der Waals surface area contributed by atoms with Crippen molar-refractivity contribution in [2.24, 2.45) is 23.2 Å². The predicted octanol–water partition coefficient (Wildman–Crippen LogP) is 6.62. The Morgan fingerprint density at radius 1 is 0.556 bits per heavy atom. The Labute approximate surface area is 211 Å². The maximum Gasteiger partial charge on any atom is 0.149 e. The highest BCUT2D eigenvalue weighted by molar-refractivity contribution is 6.27. The SMILES string of the molecule is CC12C(=O)C3C(C(=O)C1C(c1ccccc1)=C2c1ccccc1)C3(c1ccccc1)c1ccccc1. The molecule has 0 saturated heterocycles. The first-order chi connectivity index (χ1) is 17.6. The molecular formula is C34H26O2. The molecule has 0 aliphatic heterocycles. The van der Waals surface area contributed by atoms with Crippen molar-refractivity contribution in [2.45, 2.75) is 12.3 Å². The summed E-state index contributed by atoms with van der Waals surface area (Å²) in [5.74, 6) is -0.731. The molecule has 2 fully saturated rings. The van der Waals surface area contributed by atoms with E-state index in [1.807, 2.05) is 79.7 Å². The molecule has 3 aliphatic rings. The number of rotatable bonds is 4. The van der Waals surface area contributed by atoms with Crippen molar-refractivity contribution in [2.75, 3.05) is 0 Å². The molecule has 36 heavy (non-hydrogen) atoms. The molecule has 0 amide bonds. The fraction of sp³-hybridized carbons (Fsp3) is 0.176. The Balaban J connectivity index is 1.46. The molecule has 4 atom stereocenters. The largest absolute Gasteiger partial charge is 0.299 e. The lowest BCUT2D eigenvalue weighted by atomic mass is 9.48. The summed E-state index contributed by atoms with van der Waals surface area (Å²) in [6.07, 6.45) is 0. The summed E-state index contributed by atoms with van der Waals surface area (Å²) in [6, 6.07) is 40.6. The summed E-state index contributed by atoms with van der Waals surface area (Å²) in [5.41, 5.74) is 4.75. The van der Waals surface area contributed by atoms with Crippen molar-refractivity contribution < 1.29 is 9.59 Å². The summed E-state index contributed by atoms with van der Waals surface area (Å²) >= 11 is 0. The number of hydrogen-bond acceptors (Lipinski definition) is 2. The van der Waals surface area contributed by atoms with Crippen molar-refractivity contribution in [3.63, 3.8) is 0 Å². The van der Waals surface area contributed by atoms with E-state index < -0.39 is 16.7 Å². The lowest BCUT2D eigenvalue weighted by Gasteiger charge is -2.51. The Bertz CT molecular complexity index is 1480. The highest BCUT2D eigenvalue weighted by Crippen LogP contribution is 2.76. The third-order valence-electron chi connectivity index (χ3n) is 8.90. The monoisotopic (exact) mass is 466 g/mol. The average Bonchev–Trinajstić information content (AvgIpc) is 3.64. The average molecular weight is 467 g/mol. The number of benzene rings is 4. The molecule has 0 N–H and O–H groups in total. The molecular weight excluding hydrogens is 440 g/mol. The van der Waals surface area contributed by atoms with E-state index in [0.29, 0.717) is 0 Å². The number of hydrogen-bond donors (Lipinski definition) is 0. The molecule has 2 heteroatoms.